The van der Waals surface area contributed by atoms with Gasteiger partial charge in [0.2, 0.25) is 5.91 Å². The number of aryl methyl sites for hydroxylation is 2. The molecule has 1 N–H and O–H groups in total. The molecule has 2 aromatic carbocycles. The summed E-state index contributed by atoms with van der Waals surface area (Å²) in [6, 6.07) is 13.1. The molecule has 3 rings (SSSR count). The molecule has 8 heteroatoms. The Kier molecular flexibility index (Phi) is 7.54. The third-order valence-corrected chi connectivity index (χ3v) is 5.31. The Morgan fingerprint density at radius 3 is 2.70 bits per heavy atom. The second-order valence-corrected chi connectivity index (χ2v) is 8.14. The lowest BCUT2D eigenvalue weighted by Gasteiger charge is -2.10. The summed E-state index contributed by atoms with van der Waals surface area (Å²) in [5.41, 5.74) is 2.93. The van der Waals surface area contributed by atoms with Crippen molar-refractivity contribution in [2.24, 2.45) is 0 Å². The van der Waals surface area contributed by atoms with E-state index >= 15 is 0 Å². The quantitative estimate of drug-likeness (QED) is 0.371. The summed E-state index contributed by atoms with van der Waals surface area (Å²) in [6.45, 7) is 8.66. The number of thioether (sulfide) groups is 1. The van der Waals surface area contributed by atoms with E-state index in [0.717, 1.165) is 16.9 Å². The Hall–Kier alpha value is -2.77. The minimum Gasteiger partial charge on any atom is -0.486 e. The van der Waals surface area contributed by atoms with Crippen LogP contribution in [0, 0.1) is 13.8 Å². The van der Waals surface area contributed by atoms with Crippen LogP contribution in [0.1, 0.15) is 17.0 Å². The van der Waals surface area contributed by atoms with E-state index in [1.165, 1.54) is 11.8 Å². The number of ether oxygens (including phenoxy) is 1. The number of nitrogens with one attached hydrogen (secondary N) is 1. The number of nitrogens with zero attached hydrogens (tertiary/aromatic N) is 3. The second kappa shape index (κ2) is 10.3. The molecule has 0 saturated heterocycles. The number of allylic oxidation sites excluding steroid dienone is 1. The van der Waals surface area contributed by atoms with Gasteiger partial charge < -0.3 is 10.1 Å². The average molecular weight is 443 g/mol. The van der Waals surface area contributed by atoms with Crippen LogP contribution >= 0.6 is 23.4 Å². The van der Waals surface area contributed by atoms with Crippen LogP contribution in [0.15, 0.2) is 60.3 Å². The van der Waals surface area contributed by atoms with Crippen molar-refractivity contribution < 1.29 is 9.53 Å². The standard InChI is InChI=1S/C22H23ClN4O2S/c1-4-8-27-20(13-29-19-10-15(2)9-16(3)11-19)25-26-22(27)30-14-21(28)24-18-7-5-6-17(23)12-18/h4-7,9-12H,1,8,13-14H2,2-3H3,(H,24,28). The Bertz CT molecular complexity index is 1030. The number of aromatic nitrogens is 3. The van der Waals surface area contributed by atoms with Gasteiger partial charge in [-0.3, -0.25) is 9.36 Å². The zero-order valence-electron chi connectivity index (χ0n) is 16.9. The van der Waals surface area contributed by atoms with E-state index in [4.69, 9.17) is 16.3 Å². The molecule has 1 heterocycles. The molecule has 0 aliphatic rings. The summed E-state index contributed by atoms with van der Waals surface area (Å²) in [5, 5.41) is 12.5. The molecule has 0 atom stereocenters. The molecule has 0 spiro atoms. The van der Waals surface area contributed by atoms with Crippen LogP contribution < -0.4 is 10.1 Å². The van der Waals surface area contributed by atoms with Crippen LogP contribution in [0.3, 0.4) is 0 Å². The molecule has 0 radical (unpaired) electrons. The first-order chi connectivity index (χ1) is 14.4. The zero-order valence-corrected chi connectivity index (χ0v) is 18.5. The Balaban J connectivity index is 1.63. The van der Waals surface area contributed by atoms with Crippen molar-refractivity contribution in [2.45, 2.75) is 32.2 Å². The van der Waals surface area contributed by atoms with E-state index in [9.17, 15) is 4.79 Å². The Morgan fingerprint density at radius 1 is 1.23 bits per heavy atom. The summed E-state index contributed by atoms with van der Waals surface area (Å²) in [4.78, 5) is 12.3. The van der Waals surface area contributed by atoms with Crippen molar-refractivity contribution in [1.29, 1.82) is 0 Å². The lowest BCUT2D eigenvalue weighted by atomic mass is 10.1. The van der Waals surface area contributed by atoms with Crippen molar-refractivity contribution in [1.82, 2.24) is 14.8 Å². The van der Waals surface area contributed by atoms with E-state index in [2.05, 4.69) is 28.2 Å². The first-order valence-electron chi connectivity index (χ1n) is 9.37. The molecule has 1 aromatic heterocycles. The maximum Gasteiger partial charge on any atom is 0.234 e. The van der Waals surface area contributed by atoms with Gasteiger partial charge in [-0.1, -0.05) is 41.6 Å². The third-order valence-electron chi connectivity index (χ3n) is 4.11. The topological polar surface area (TPSA) is 69.0 Å². The third kappa shape index (κ3) is 6.11. The maximum atomic E-state index is 12.3. The first kappa shape index (κ1) is 21.9. The number of hydrogen-bond acceptors (Lipinski definition) is 5. The lowest BCUT2D eigenvalue weighted by molar-refractivity contribution is -0.113. The summed E-state index contributed by atoms with van der Waals surface area (Å²) in [5.74, 6) is 1.51. The van der Waals surface area contributed by atoms with Gasteiger partial charge in [0.1, 0.15) is 12.4 Å². The monoisotopic (exact) mass is 442 g/mol. The number of rotatable bonds is 9. The van der Waals surface area contributed by atoms with Gasteiger partial charge in [-0.2, -0.15) is 0 Å². The van der Waals surface area contributed by atoms with Crippen molar-refractivity contribution in [2.75, 3.05) is 11.1 Å². The van der Waals surface area contributed by atoms with Gasteiger partial charge in [0.15, 0.2) is 11.0 Å². The van der Waals surface area contributed by atoms with E-state index in [1.54, 1.807) is 30.3 Å². The van der Waals surface area contributed by atoms with Crippen molar-refractivity contribution in [3.63, 3.8) is 0 Å². The summed E-state index contributed by atoms with van der Waals surface area (Å²) >= 11 is 7.26. The highest BCUT2D eigenvalue weighted by atomic mass is 35.5. The largest absolute Gasteiger partial charge is 0.486 e. The number of benzene rings is 2. The second-order valence-electron chi connectivity index (χ2n) is 6.76. The molecular weight excluding hydrogens is 420 g/mol. The molecule has 0 aliphatic carbocycles. The molecule has 0 unspecified atom stereocenters. The van der Waals surface area contributed by atoms with E-state index in [-0.39, 0.29) is 18.3 Å². The average Bonchev–Trinajstić information content (AvgIpc) is 3.06. The van der Waals surface area contributed by atoms with Gasteiger partial charge in [-0.05, 0) is 55.3 Å². The predicted octanol–water partition coefficient (Wildman–Crippen LogP) is 5.04. The SMILES string of the molecule is C=CCn1c(COc2cc(C)cc(C)c2)nnc1SCC(=O)Nc1cccc(Cl)c1. The molecule has 156 valence electrons. The van der Waals surface area contributed by atoms with E-state index < -0.39 is 0 Å². The lowest BCUT2D eigenvalue weighted by Crippen LogP contribution is -2.15. The fourth-order valence-electron chi connectivity index (χ4n) is 2.90. The van der Waals surface area contributed by atoms with Gasteiger partial charge in [0.05, 0.1) is 5.75 Å². The fourth-order valence-corrected chi connectivity index (χ4v) is 3.86. The van der Waals surface area contributed by atoms with E-state index in [0.29, 0.717) is 28.2 Å². The smallest absolute Gasteiger partial charge is 0.234 e. The minimum atomic E-state index is -0.150. The molecule has 30 heavy (non-hydrogen) atoms. The fraction of sp³-hybridized carbons (Fsp3) is 0.227. The van der Waals surface area contributed by atoms with Gasteiger partial charge >= 0.3 is 0 Å². The number of hydrogen-bond donors (Lipinski definition) is 1. The molecule has 0 bridgehead atoms. The zero-order chi connectivity index (χ0) is 21.5. The van der Waals surface area contributed by atoms with Gasteiger partial charge in [-0.25, -0.2) is 0 Å². The number of carbonyl (C=O) groups excluding carboxylic acids is 1. The Morgan fingerprint density at radius 2 is 2.00 bits per heavy atom. The first-order valence-corrected chi connectivity index (χ1v) is 10.7. The minimum absolute atomic E-state index is 0.150. The Labute approximate surface area is 185 Å². The highest BCUT2D eigenvalue weighted by Gasteiger charge is 2.14. The van der Waals surface area contributed by atoms with Gasteiger partial charge in [0.25, 0.3) is 0 Å². The summed E-state index contributed by atoms with van der Waals surface area (Å²) in [6.07, 6.45) is 1.76. The summed E-state index contributed by atoms with van der Waals surface area (Å²) < 4.78 is 7.81. The highest BCUT2D eigenvalue weighted by Crippen LogP contribution is 2.21. The molecule has 1 amide bonds. The number of carbonyl (C=O) groups is 1. The van der Waals surface area contributed by atoms with Crippen molar-refractivity contribution in [3.8, 4) is 5.75 Å². The van der Waals surface area contributed by atoms with E-state index in [1.807, 2.05) is 30.5 Å². The predicted molar refractivity (Wildman–Crippen MR) is 121 cm³/mol. The molecule has 0 fully saturated rings. The molecule has 0 aliphatic heterocycles. The molecular formula is C22H23ClN4O2S. The van der Waals surface area contributed by atoms with Crippen molar-refractivity contribution in [3.05, 3.63) is 77.1 Å². The van der Waals surface area contributed by atoms with Crippen LogP contribution in [-0.4, -0.2) is 26.4 Å². The van der Waals surface area contributed by atoms with Crippen LogP contribution in [-0.2, 0) is 17.9 Å². The van der Waals surface area contributed by atoms with Crippen LogP contribution in [0.5, 0.6) is 5.75 Å². The van der Waals surface area contributed by atoms with Gasteiger partial charge in [0, 0.05) is 17.3 Å². The number of amides is 1. The van der Waals surface area contributed by atoms with Crippen LogP contribution in [0.2, 0.25) is 5.02 Å². The number of halogens is 1. The number of anilines is 1. The highest BCUT2D eigenvalue weighted by molar-refractivity contribution is 7.99. The molecule has 6 nitrogen and oxygen atoms in total. The normalized spacial score (nSPS) is 10.6. The van der Waals surface area contributed by atoms with Crippen LogP contribution in [0.25, 0.3) is 0 Å². The molecule has 0 saturated carbocycles. The molecule has 3 aromatic rings. The maximum absolute atomic E-state index is 12.3. The van der Waals surface area contributed by atoms with Crippen LogP contribution in [0.4, 0.5) is 5.69 Å². The van der Waals surface area contributed by atoms with Crippen molar-refractivity contribution >= 4 is 35.0 Å². The summed E-state index contributed by atoms with van der Waals surface area (Å²) in [7, 11) is 0. The van der Waals surface area contributed by atoms with Gasteiger partial charge in [-0.15, -0.1) is 16.8 Å².